The average molecular weight is 310 g/mol. The predicted molar refractivity (Wildman–Crippen MR) is 82.1 cm³/mol. The van der Waals surface area contributed by atoms with Gasteiger partial charge in [0.25, 0.3) is 0 Å². The normalized spacial score (nSPS) is 16.6. The van der Waals surface area contributed by atoms with Crippen LogP contribution in [0.25, 0.3) is 0 Å². The standard InChI is InChI=1S/C16H26N2O4/c1-17-14(21)8-12(19)10-16(6-4-3-5-7-16)11-13(20)9-15(22)18-2/h3-11H2,1-2H3,(H,17,21)(H,18,22). The highest BCUT2D eigenvalue weighted by Gasteiger charge is 2.36. The van der Waals surface area contributed by atoms with Crippen molar-refractivity contribution in [3.63, 3.8) is 0 Å². The molecule has 2 amide bonds. The van der Waals surface area contributed by atoms with Crippen LogP contribution < -0.4 is 10.6 Å². The zero-order valence-electron chi connectivity index (χ0n) is 13.5. The molecule has 1 fully saturated rings. The van der Waals surface area contributed by atoms with Gasteiger partial charge in [0.05, 0.1) is 12.8 Å². The van der Waals surface area contributed by atoms with E-state index in [-0.39, 0.29) is 54.5 Å². The smallest absolute Gasteiger partial charge is 0.227 e. The summed E-state index contributed by atoms with van der Waals surface area (Å²) in [6.07, 6.45) is 4.93. The van der Waals surface area contributed by atoms with Crippen molar-refractivity contribution in [3.8, 4) is 0 Å². The Morgan fingerprint density at radius 3 is 1.55 bits per heavy atom. The van der Waals surface area contributed by atoms with Gasteiger partial charge in [-0.1, -0.05) is 19.3 Å². The lowest BCUT2D eigenvalue weighted by Gasteiger charge is -2.36. The van der Waals surface area contributed by atoms with Gasteiger partial charge in [0, 0.05) is 26.9 Å². The van der Waals surface area contributed by atoms with Crippen molar-refractivity contribution in [2.24, 2.45) is 5.41 Å². The third-order valence-corrected chi connectivity index (χ3v) is 4.33. The van der Waals surface area contributed by atoms with Crippen LogP contribution in [0.1, 0.15) is 57.8 Å². The summed E-state index contributed by atoms with van der Waals surface area (Å²) in [4.78, 5) is 46.8. The zero-order valence-corrected chi connectivity index (χ0v) is 13.5. The molecular weight excluding hydrogens is 284 g/mol. The van der Waals surface area contributed by atoms with Crippen LogP contribution in [0.15, 0.2) is 0 Å². The summed E-state index contributed by atoms with van der Waals surface area (Å²) in [7, 11) is 3.00. The first-order valence-electron chi connectivity index (χ1n) is 7.85. The highest BCUT2D eigenvalue weighted by molar-refractivity contribution is 6.00. The second-order valence-electron chi connectivity index (χ2n) is 6.19. The number of rotatable bonds is 8. The summed E-state index contributed by atoms with van der Waals surface area (Å²) in [5.41, 5.74) is -0.367. The highest BCUT2D eigenvalue weighted by atomic mass is 16.2. The Morgan fingerprint density at radius 1 is 0.773 bits per heavy atom. The number of hydrogen-bond donors (Lipinski definition) is 2. The van der Waals surface area contributed by atoms with Crippen molar-refractivity contribution >= 4 is 23.4 Å². The Labute approximate surface area is 131 Å². The lowest BCUT2D eigenvalue weighted by molar-refractivity contribution is -0.130. The van der Waals surface area contributed by atoms with Crippen molar-refractivity contribution < 1.29 is 19.2 Å². The molecule has 1 saturated carbocycles. The first-order chi connectivity index (χ1) is 10.4. The summed E-state index contributed by atoms with van der Waals surface area (Å²) < 4.78 is 0. The molecule has 1 rings (SSSR count). The molecule has 0 spiro atoms. The number of nitrogens with one attached hydrogen (secondary N) is 2. The molecule has 22 heavy (non-hydrogen) atoms. The van der Waals surface area contributed by atoms with E-state index in [0.717, 1.165) is 32.1 Å². The number of carbonyl (C=O) groups excluding carboxylic acids is 4. The summed E-state index contributed by atoms with van der Waals surface area (Å²) in [6, 6.07) is 0. The number of amides is 2. The van der Waals surface area contributed by atoms with Crippen molar-refractivity contribution in [2.75, 3.05) is 14.1 Å². The maximum Gasteiger partial charge on any atom is 0.227 e. The summed E-state index contributed by atoms with van der Waals surface area (Å²) >= 11 is 0. The minimum atomic E-state index is -0.367. The summed E-state index contributed by atoms with van der Waals surface area (Å²) in [6.45, 7) is 0. The molecule has 0 aliphatic heterocycles. The molecule has 124 valence electrons. The van der Waals surface area contributed by atoms with Crippen LogP contribution in [0, 0.1) is 5.41 Å². The van der Waals surface area contributed by atoms with Crippen LogP contribution >= 0.6 is 0 Å². The molecular formula is C16H26N2O4. The van der Waals surface area contributed by atoms with E-state index in [0.29, 0.717) is 0 Å². The second kappa shape index (κ2) is 8.66. The average Bonchev–Trinajstić information content (AvgIpc) is 2.47. The molecule has 0 atom stereocenters. The van der Waals surface area contributed by atoms with Crippen molar-refractivity contribution in [1.29, 1.82) is 0 Å². The molecule has 0 radical (unpaired) electrons. The Kier molecular flexibility index (Phi) is 7.21. The summed E-state index contributed by atoms with van der Waals surface area (Å²) in [5.74, 6) is -0.858. The van der Waals surface area contributed by atoms with E-state index in [9.17, 15) is 19.2 Å². The SMILES string of the molecule is CNC(=O)CC(=O)CC1(CC(=O)CC(=O)NC)CCCCC1. The third kappa shape index (κ3) is 5.95. The van der Waals surface area contributed by atoms with Gasteiger partial charge >= 0.3 is 0 Å². The van der Waals surface area contributed by atoms with Crippen LogP contribution in [0.5, 0.6) is 0 Å². The number of hydrogen-bond acceptors (Lipinski definition) is 4. The minimum absolute atomic E-state index is 0.131. The van der Waals surface area contributed by atoms with Gasteiger partial charge in [-0.3, -0.25) is 19.2 Å². The first-order valence-corrected chi connectivity index (χ1v) is 7.85. The van der Waals surface area contributed by atoms with Gasteiger partial charge in [-0.05, 0) is 18.3 Å². The van der Waals surface area contributed by atoms with Crippen molar-refractivity contribution in [1.82, 2.24) is 10.6 Å². The van der Waals surface area contributed by atoms with Gasteiger partial charge in [0.1, 0.15) is 11.6 Å². The molecule has 0 aromatic rings. The van der Waals surface area contributed by atoms with E-state index >= 15 is 0 Å². The number of Topliss-reactive ketones (excluding diaryl/α,β-unsaturated/α-hetero) is 2. The maximum absolute atomic E-state index is 12.1. The fourth-order valence-corrected chi connectivity index (χ4v) is 3.21. The Hall–Kier alpha value is -1.72. The van der Waals surface area contributed by atoms with E-state index in [2.05, 4.69) is 10.6 Å². The van der Waals surface area contributed by atoms with Gasteiger partial charge in [-0.25, -0.2) is 0 Å². The quantitative estimate of drug-likeness (QED) is 0.657. The molecule has 0 bridgehead atoms. The van der Waals surface area contributed by atoms with Gasteiger partial charge < -0.3 is 10.6 Å². The van der Waals surface area contributed by atoms with E-state index in [4.69, 9.17) is 0 Å². The first kappa shape index (κ1) is 18.3. The van der Waals surface area contributed by atoms with Crippen LogP contribution in [-0.2, 0) is 19.2 Å². The summed E-state index contributed by atoms with van der Waals surface area (Å²) in [5, 5.41) is 4.88. The molecule has 6 heteroatoms. The second-order valence-corrected chi connectivity index (χ2v) is 6.19. The molecule has 0 unspecified atom stereocenters. The number of ketones is 2. The maximum atomic E-state index is 12.1. The van der Waals surface area contributed by atoms with Crippen LogP contribution in [0.2, 0.25) is 0 Å². The Bertz CT molecular complexity index is 405. The van der Waals surface area contributed by atoms with Gasteiger partial charge in [0.15, 0.2) is 0 Å². The third-order valence-electron chi connectivity index (χ3n) is 4.33. The molecule has 0 aromatic carbocycles. The molecule has 0 saturated heterocycles. The van der Waals surface area contributed by atoms with E-state index < -0.39 is 0 Å². The van der Waals surface area contributed by atoms with Gasteiger partial charge in [-0.15, -0.1) is 0 Å². The highest BCUT2D eigenvalue weighted by Crippen LogP contribution is 2.43. The molecule has 0 aromatic heterocycles. The molecule has 1 aliphatic rings. The Morgan fingerprint density at radius 2 is 1.18 bits per heavy atom. The minimum Gasteiger partial charge on any atom is -0.359 e. The fourth-order valence-electron chi connectivity index (χ4n) is 3.21. The predicted octanol–water partition coefficient (Wildman–Crippen LogP) is 1.13. The van der Waals surface area contributed by atoms with E-state index in [1.54, 1.807) is 0 Å². The molecule has 0 heterocycles. The fraction of sp³-hybridized carbons (Fsp3) is 0.750. The topological polar surface area (TPSA) is 92.3 Å². The van der Waals surface area contributed by atoms with Crippen molar-refractivity contribution in [3.05, 3.63) is 0 Å². The molecule has 1 aliphatic carbocycles. The monoisotopic (exact) mass is 310 g/mol. The van der Waals surface area contributed by atoms with Crippen LogP contribution in [0.4, 0.5) is 0 Å². The van der Waals surface area contributed by atoms with Crippen molar-refractivity contribution in [2.45, 2.75) is 57.8 Å². The molecule has 2 N–H and O–H groups in total. The van der Waals surface area contributed by atoms with E-state index in [1.807, 2.05) is 0 Å². The van der Waals surface area contributed by atoms with Crippen LogP contribution in [0.3, 0.4) is 0 Å². The van der Waals surface area contributed by atoms with E-state index in [1.165, 1.54) is 14.1 Å². The molecule has 6 nitrogen and oxygen atoms in total. The lowest BCUT2D eigenvalue weighted by Crippen LogP contribution is -2.33. The number of carbonyl (C=O) groups is 4. The largest absolute Gasteiger partial charge is 0.359 e. The van der Waals surface area contributed by atoms with Gasteiger partial charge in [0.2, 0.25) is 11.8 Å². The lowest BCUT2D eigenvalue weighted by atomic mass is 9.67. The van der Waals surface area contributed by atoms with Gasteiger partial charge in [-0.2, -0.15) is 0 Å². The van der Waals surface area contributed by atoms with Crippen LogP contribution in [-0.4, -0.2) is 37.5 Å². The Balaban J connectivity index is 2.69. The zero-order chi connectivity index (χ0) is 16.6.